The van der Waals surface area contributed by atoms with Crippen LogP contribution in [-0.2, 0) is 0 Å². The largest absolute Gasteiger partial charge is 0.477 e. The molecule has 0 aliphatic carbocycles. The lowest BCUT2D eigenvalue weighted by atomic mass is 10.2. The fourth-order valence-electron chi connectivity index (χ4n) is 1.88. The highest BCUT2D eigenvalue weighted by Gasteiger charge is 2.17. The van der Waals surface area contributed by atoms with Gasteiger partial charge < -0.3 is 15.3 Å². The Morgan fingerprint density at radius 2 is 2.06 bits per heavy atom. The van der Waals surface area contributed by atoms with Gasteiger partial charge in [0.15, 0.2) is 5.69 Å². The second-order valence-corrected chi connectivity index (χ2v) is 4.67. The molecule has 1 aromatic heterocycles. The molecule has 0 unspecified atom stereocenters. The number of rotatable bonds is 3. The zero-order chi connectivity index (χ0) is 13.1. The van der Waals surface area contributed by atoms with Crippen LogP contribution in [0.1, 0.15) is 36.1 Å². The fraction of sp³-hybridized carbons (Fsp3) is 0.583. The van der Waals surface area contributed by atoms with Crippen molar-refractivity contribution in [3.63, 3.8) is 0 Å². The van der Waals surface area contributed by atoms with E-state index in [9.17, 15) is 4.79 Å². The Bertz CT molecular complexity index is 442. The van der Waals surface area contributed by atoms with Gasteiger partial charge in [0.1, 0.15) is 11.6 Å². The van der Waals surface area contributed by atoms with Crippen molar-refractivity contribution in [2.75, 3.05) is 31.1 Å². The summed E-state index contributed by atoms with van der Waals surface area (Å²) >= 11 is 0. The van der Waals surface area contributed by atoms with Crippen LogP contribution in [0.25, 0.3) is 0 Å². The van der Waals surface area contributed by atoms with E-state index in [-0.39, 0.29) is 11.6 Å². The van der Waals surface area contributed by atoms with Crippen molar-refractivity contribution < 1.29 is 9.90 Å². The Morgan fingerprint density at radius 3 is 2.61 bits per heavy atom. The monoisotopic (exact) mass is 250 g/mol. The number of piperazine rings is 1. The molecular weight excluding hydrogens is 232 g/mol. The molecule has 0 amide bonds. The third-order valence-corrected chi connectivity index (χ3v) is 2.91. The van der Waals surface area contributed by atoms with E-state index >= 15 is 0 Å². The lowest BCUT2D eigenvalue weighted by molar-refractivity contribution is 0.0690. The maximum atomic E-state index is 11.1. The normalized spacial score (nSPS) is 16.1. The number of aromatic carboxylic acids is 1. The van der Waals surface area contributed by atoms with Crippen molar-refractivity contribution in [2.24, 2.45) is 0 Å². The molecule has 0 aromatic carbocycles. The minimum atomic E-state index is -1.00. The highest BCUT2D eigenvalue weighted by molar-refractivity contribution is 5.86. The topological polar surface area (TPSA) is 78.3 Å². The Balaban J connectivity index is 2.35. The maximum Gasteiger partial charge on any atom is 0.354 e. The minimum Gasteiger partial charge on any atom is -0.477 e. The summed E-state index contributed by atoms with van der Waals surface area (Å²) in [4.78, 5) is 21.7. The van der Waals surface area contributed by atoms with E-state index in [1.807, 2.05) is 13.8 Å². The van der Waals surface area contributed by atoms with Crippen LogP contribution in [-0.4, -0.2) is 47.2 Å². The third-order valence-electron chi connectivity index (χ3n) is 2.91. The number of nitrogens with zero attached hydrogens (tertiary/aromatic N) is 3. The van der Waals surface area contributed by atoms with Crippen molar-refractivity contribution in [1.82, 2.24) is 15.3 Å². The smallest absolute Gasteiger partial charge is 0.354 e. The van der Waals surface area contributed by atoms with E-state index < -0.39 is 5.97 Å². The molecule has 98 valence electrons. The lowest BCUT2D eigenvalue weighted by Crippen LogP contribution is -2.44. The summed E-state index contributed by atoms with van der Waals surface area (Å²) in [5.74, 6) is 0.415. The fourth-order valence-corrected chi connectivity index (χ4v) is 1.88. The number of carboxylic acid groups (broad SMARTS) is 1. The SMILES string of the molecule is CC(C)c1nc(C(=O)O)cc(N2CCNCC2)n1. The van der Waals surface area contributed by atoms with Gasteiger partial charge in [0.2, 0.25) is 0 Å². The van der Waals surface area contributed by atoms with Crippen molar-refractivity contribution >= 4 is 11.8 Å². The molecule has 1 aliphatic heterocycles. The van der Waals surface area contributed by atoms with Gasteiger partial charge in [0, 0.05) is 38.2 Å². The minimum absolute atomic E-state index is 0.0715. The predicted octanol–water partition coefficient (Wildman–Crippen LogP) is 0.708. The van der Waals surface area contributed by atoms with Crippen LogP contribution in [0, 0.1) is 0 Å². The molecule has 1 aromatic rings. The standard InChI is InChI=1S/C12H18N4O2/c1-8(2)11-14-9(12(17)18)7-10(15-11)16-5-3-13-4-6-16/h7-8,13H,3-6H2,1-2H3,(H,17,18). The third kappa shape index (κ3) is 2.76. The van der Waals surface area contributed by atoms with Crippen molar-refractivity contribution in [3.8, 4) is 0 Å². The molecular formula is C12H18N4O2. The van der Waals surface area contributed by atoms with Gasteiger partial charge >= 0.3 is 5.97 Å². The van der Waals surface area contributed by atoms with Crippen LogP contribution < -0.4 is 10.2 Å². The van der Waals surface area contributed by atoms with E-state index in [1.54, 1.807) is 6.07 Å². The number of aromatic nitrogens is 2. The average Bonchev–Trinajstić information content (AvgIpc) is 2.39. The van der Waals surface area contributed by atoms with Crippen molar-refractivity contribution in [1.29, 1.82) is 0 Å². The molecule has 0 saturated carbocycles. The second-order valence-electron chi connectivity index (χ2n) is 4.67. The Morgan fingerprint density at radius 1 is 1.39 bits per heavy atom. The summed E-state index contributed by atoms with van der Waals surface area (Å²) < 4.78 is 0. The first kappa shape index (κ1) is 12.8. The Hall–Kier alpha value is -1.69. The van der Waals surface area contributed by atoms with Crippen molar-refractivity contribution in [3.05, 3.63) is 17.6 Å². The average molecular weight is 250 g/mol. The Kier molecular flexibility index (Phi) is 3.76. The molecule has 2 rings (SSSR count). The van der Waals surface area contributed by atoms with Gasteiger partial charge in [-0.05, 0) is 0 Å². The first-order valence-electron chi connectivity index (χ1n) is 6.16. The summed E-state index contributed by atoms with van der Waals surface area (Å²) in [6.45, 7) is 7.39. The summed E-state index contributed by atoms with van der Waals surface area (Å²) in [5.41, 5.74) is 0.0715. The van der Waals surface area contributed by atoms with Crippen molar-refractivity contribution in [2.45, 2.75) is 19.8 Å². The van der Waals surface area contributed by atoms with Gasteiger partial charge in [0.05, 0.1) is 0 Å². The quantitative estimate of drug-likeness (QED) is 0.822. The molecule has 0 bridgehead atoms. The number of anilines is 1. The highest BCUT2D eigenvalue weighted by Crippen LogP contribution is 2.17. The van der Waals surface area contributed by atoms with Crippen LogP contribution in [0.3, 0.4) is 0 Å². The van der Waals surface area contributed by atoms with Crippen LogP contribution in [0.2, 0.25) is 0 Å². The van der Waals surface area contributed by atoms with Crippen LogP contribution >= 0.6 is 0 Å². The van der Waals surface area contributed by atoms with E-state index in [0.717, 1.165) is 26.2 Å². The Labute approximate surface area is 106 Å². The van der Waals surface area contributed by atoms with Gasteiger partial charge in [-0.1, -0.05) is 13.8 Å². The van der Waals surface area contributed by atoms with Crippen LogP contribution in [0.4, 0.5) is 5.82 Å². The van der Waals surface area contributed by atoms with Gasteiger partial charge in [0.25, 0.3) is 0 Å². The number of hydrogen-bond donors (Lipinski definition) is 2. The first-order valence-corrected chi connectivity index (χ1v) is 6.16. The molecule has 6 nitrogen and oxygen atoms in total. The van der Waals surface area contributed by atoms with E-state index in [4.69, 9.17) is 5.11 Å². The predicted molar refractivity (Wildman–Crippen MR) is 68.2 cm³/mol. The first-order chi connectivity index (χ1) is 8.58. The lowest BCUT2D eigenvalue weighted by Gasteiger charge is -2.28. The second kappa shape index (κ2) is 5.30. The maximum absolute atomic E-state index is 11.1. The van der Waals surface area contributed by atoms with E-state index in [0.29, 0.717) is 11.6 Å². The zero-order valence-corrected chi connectivity index (χ0v) is 10.7. The van der Waals surface area contributed by atoms with Crippen LogP contribution in [0.15, 0.2) is 6.07 Å². The molecule has 1 fully saturated rings. The summed E-state index contributed by atoms with van der Waals surface area (Å²) in [5, 5.41) is 12.4. The molecule has 0 radical (unpaired) electrons. The number of carboxylic acids is 1. The molecule has 18 heavy (non-hydrogen) atoms. The zero-order valence-electron chi connectivity index (χ0n) is 10.7. The summed E-state index contributed by atoms with van der Waals surface area (Å²) in [7, 11) is 0. The molecule has 0 atom stereocenters. The molecule has 1 saturated heterocycles. The molecule has 6 heteroatoms. The van der Waals surface area contributed by atoms with E-state index in [1.165, 1.54) is 0 Å². The number of carbonyl (C=O) groups is 1. The summed E-state index contributed by atoms with van der Waals surface area (Å²) in [6, 6.07) is 1.56. The molecule has 2 heterocycles. The number of hydrogen-bond acceptors (Lipinski definition) is 5. The van der Waals surface area contributed by atoms with Gasteiger partial charge in [-0.3, -0.25) is 0 Å². The van der Waals surface area contributed by atoms with Gasteiger partial charge in [-0.2, -0.15) is 0 Å². The van der Waals surface area contributed by atoms with Gasteiger partial charge in [-0.15, -0.1) is 0 Å². The molecule has 0 spiro atoms. The van der Waals surface area contributed by atoms with Crippen LogP contribution in [0.5, 0.6) is 0 Å². The molecule has 1 aliphatic rings. The number of nitrogens with one attached hydrogen (secondary N) is 1. The highest BCUT2D eigenvalue weighted by atomic mass is 16.4. The summed E-state index contributed by atoms with van der Waals surface area (Å²) in [6.07, 6.45) is 0. The van der Waals surface area contributed by atoms with Gasteiger partial charge in [-0.25, -0.2) is 14.8 Å². The molecule has 2 N–H and O–H groups in total. The van der Waals surface area contributed by atoms with E-state index in [2.05, 4.69) is 20.2 Å².